The molecule has 2 rings (SSSR count). The van der Waals surface area contributed by atoms with Gasteiger partial charge in [-0.2, -0.15) is 0 Å². The molecule has 0 aliphatic carbocycles. The predicted molar refractivity (Wildman–Crippen MR) is 87.7 cm³/mol. The third-order valence-electron chi connectivity index (χ3n) is 3.27. The van der Waals surface area contributed by atoms with Crippen LogP contribution in [0.5, 0.6) is 5.75 Å². The Balaban J connectivity index is 2.23. The number of aliphatic hydroxyl groups is 1. The van der Waals surface area contributed by atoms with Crippen LogP contribution in [-0.2, 0) is 0 Å². The van der Waals surface area contributed by atoms with Crippen molar-refractivity contribution in [3.8, 4) is 5.75 Å². The Hall–Kier alpha value is -2.54. The first-order valence-corrected chi connectivity index (χ1v) is 7.07. The Labute approximate surface area is 129 Å². The van der Waals surface area contributed by atoms with Crippen molar-refractivity contribution in [3.05, 3.63) is 30.6 Å². The number of nitrogens with one attached hydrogen (secondary N) is 1. The number of aromatic nitrogens is 2. The average molecular weight is 303 g/mol. The van der Waals surface area contributed by atoms with Crippen molar-refractivity contribution in [3.63, 3.8) is 0 Å². The van der Waals surface area contributed by atoms with E-state index in [-0.39, 0.29) is 6.61 Å². The van der Waals surface area contributed by atoms with Gasteiger partial charge in [-0.15, -0.1) is 0 Å². The van der Waals surface area contributed by atoms with E-state index in [0.29, 0.717) is 30.4 Å². The maximum atomic E-state index is 9.12. The summed E-state index contributed by atoms with van der Waals surface area (Å²) in [5.41, 5.74) is 7.46. The Morgan fingerprint density at radius 3 is 2.59 bits per heavy atom. The smallest absolute Gasteiger partial charge is 0.159 e. The Bertz CT molecular complexity index is 603. The third kappa shape index (κ3) is 3.56. The molecule has 0 amide bonds. The molecule has 1 heterocycles. The molecular weight excluding hydrogens is 282 g/mol. The van der Waals surface area contributed by atoms with Crippen LogP contribution in [0.3, 0.4) is 0 Å². The van der Waals surface area contributed by atoms with Crippen LogP contribution in [-0.4, -0.2) is 41.9 Å². The van der Waals surface area contributed by atoms with Gasteiger partial charge in [0.15, 0.2) is 11.6 Å². The van der Waals surface area contributed by atoms with Gasteiger partial charge in [-0.05, 0) is 31.2 Å². The third-order valence-corrected chi connectivity index (χ3v) is 3.27. The molecule has 0 unspecified atom stereocenters. The summed E-state index contributed by atoms with van der Waals surface area (Å²) < 4.78 is 5.13. The van der Waals surface area contributed by atoms with Gasteiger partial charge in [0, 0.05) is 18.8 Å². The van der Waals surface area contributed by atoms with E-state index in [1.165, 1.54) is 6.33 Å². The number of nitrogens with zero attached hydrogens (tertiary/aromatic N) is 3. The first kappa shape index (κ1) is 15.8. The number of anilines is 4. The standard InChI is InChI=1S/C15H21N5O2/c1-3-20(8-9-21)15-13(16)14(17-10-18-15)19-11-4-6-12(22-2)7-5-11/h4-7,10,21H,3,8-9,16H2,1-2H3,(H,17,18,19). The Morgan fingerprint density at radius 1 is 1.27 bits per heavy atom. The molecule has 0 radical (unpaired) electrons. The number of nitrogens with two attached hydrogens (primary N) is 1. The second-order valence-electron chi connectivity index (χ2n) is 4.62. The predicted octanol–water partition coefficient (Wildman–Crippen LogP) is 1.63. The van der Waals surface area contributed by atoms with E-state index < -0.39 is 0 Å². The molecule has 2 aromatic rings. The summed E-state index contributed by atoms with van der Waals surface area (Å²) in [5.74, 6) is 1.93. The van der Waals surface area contributed by atoms with Crippen LogP contribution >= 0.6 is 0 Å². The van der Waals surface area contributed by atoms with Gasteiger partial charge >= 0.3 is 0 Å². The normalized spacial score (nSPS) is 10.3. The minimum atomic E-state index is 0.0402. The highest BCUT2D eigenvalue weighted by Gasteiger charge is 2.13. The van der Waals surface area contributed by atoms with Gasteiger partial charge < -0.3 is 25.8 Å². The van der Waals surface area contributed by atoms with Gasteiger partial charge in [-0.25, -0.2) is 9.97 Å². The monoisotopic (exact) mass is 303 g/mol. The summed E-state index contributed by atoms with van der Waals surface area (Å²) in [5, 5.41) is 12.3. The van der Waals surface area contributed by atoms with Gasteiger partial charge in [-0.3, -0.25) is 0 Å². The highest BCUT2D eigenvalue weighted by Crippen LogP contribution is 2.28. The molecule has 0 aliphatic rings. The lowest BCUT2D eigenvalue weighted by Crippen LogP contribution is -2.28. The number of methoxy groups -OCH3 is 1. The van der Waals surface area contributed by atoms with Crippen molar-refractivity contribution in [2.75, 3.05) is 42.8 Å². The van der Waals surface area contributed by atoms with E-state index in [1.54, 1.807) is 7.11 Å². The maximum Gasteiger partial charge on any atom is 0.159 e. The average Bonchev–Trinajstić information content (AvgIpc) is 2.55. The summed E-state index contributed by atoms with van der Waals surface area (Å²) in [6.45, 7) is 3.19. The lowest BCUT2D eigenvalue weighted by Gasteiger charge is -2.23. The topological polar surface area (TPSA) is 96.5 Å². The Kier molecular flexibility index (Phi) is 5.37. The molecule has 0 saturated heterocycles. The van der Waals surface area contributed by atoms with Crippen molar-refractivity contribution in [1.82, 2.24) is 9.97 Å². The maximum absolute atomic E-state index is 9.12. The number of hydrogen-bond acceptors (Lipinski definition) is 7. The minimum absolute atomic E-state index is 0.0402. The summed E-state index contributed by atoms with van der Waals surface area (Å²) in [4.78, 5) is 10.3. The zero-order valence-corrected chi connectivity index (χ0v) is 12.8. The number of hydrogen-bond donors (Lipinski definition) is 3. The van der Waals surface area contributed by atoms with E-state index in [4.69, 9.17) is 15.6 Å². The molecule has 1 aromatic heterocycles. The molecule has 0 saturated carbocycles. The van der Waals surface area contributed by atoms with Crippen molar-refractivity contribution >= 4 is 23.0 Å². The lowest BCUT2D eigenvalue weighted by atomic mass is 10.3. The number of likely N-dealkylation sites (N-methyl/N-ethyl adjacent to an activating group) is 1. The van der Waals surface area contributed by atoms with Gasteiger partial charge in [0.25, 0.3) is 0 Å². The fraction of sp³-hybridized carbons (Fsp3) is 0.333. The first-order valence-electron chi connectivity index (χ1n) is 7.07. The molecule has 0 spiro atoms. The molecule has 0 fully saturated rings. The van der Waals surface area contributed by atoms with Crippen LogP contribution in [0.1, 0.15) is 6.92 Å². The SMILES string of the molecule is CCN(CCO)c1ncnc(Nc2ccc(OC)cc2)c1N. The fourth-order valence-electron chi connectivity index (χ4n) is 2.08. The van der Waals surface area contributed by atoms with Crippen LogP contribution in [0.4, 0.5) is 23.0 Å². The second-order valence-corrected chi connectivity index (χ2v) is 4.62. The highest BCUT2D eigenvalue weighted by atomic mass is 16.5. The molecule has 118 valence electrons. The van der Waals surface area contributed by atoms with Crippen LogP contribution in [0.25, 0.3) is 0 Å². The van der Waals surface area contributed by atoms with Crippen molar-refractivity contribution in [1.29, 1.82) is 0 Å². The van der Waals surface area contributed by atoms with Crippen LogP contribution in [0, 0.1) is 0 Å². The van der Waals surface area contributed by atoms with Crippen molar-refractivity contribution < 1.29 is 9.84 Å². The summed E-state index contributed by atoms with van der Waals surface area (Å²) >= 11 is 0. The lowest BCUT2D eigenvalue weighted by molar-refractivity contribution is 0.302. The largest absolute Gasteiger partial charge is 0.497 e. The summed E-state index contributed by atoms with van der Waals surface area (Å²) in [7, 11) is 1.62. The van der Waals surface area contributed by atoms with Crippen molar-refractivity contribution in [2.45, 2.75) is 6.92 Å². The first-order chi connectivity index (χ1) is 10.7. The highest BCUT2D eigenvalue weighted by molar-refractivity contribution is 5.78. The zero-order chi connectivity index (χ0) is 15.9. The van der Waals surface area contributed by atoms with Crippen LogP contribution < -0.4 is 20.7 Å². The molecular formula is C15H21N5O2. The van der Waals surface area contributed by atoms with Gasteiger partial charge in [0.1, 0.15) is 17.8 Å². The molecule has 0 bridgehead atoms. The molecule has 0 aliphatic heterocycles. The van der Waals surface area contributed by atoms with Crippen LogP contribution in [0.2, 0.25) is 0 Å². The molecule has 7 nitrogen and oxygen atoms in total. The number of rotatable bonds is 7. The van der Waals surface area contributed by atoms with Crippen molar-refractivity contribution in [2.24, 2.45) is 0 Å². The quantitative estimate of drug-likeness (QED) is 0.715. The van der Waals surface area contributed by atoms with Gasteiger partial charge in [0.2, 0.25) is 0 Å². The number of nitrogen functional groups attached to an aromatic ring is 1. The Morgan fingerprint density at radius 2 is 2.00 bits per heavy atom. The van der Waals surface area contributed by atoms with E-state index in [9.17, 15) is 0 Å². The molecule has 4 N–H and O–H groups in total. The molecule has 7 heteroatoms. The van der Waals surface area contributed by atoms with Crippen LogP contribution in [0.15, 0.2) is 30.6 Å². The molecule has 22 heavy (non-hydrogen) atoms. The van der Waals surface area contributed by atoms with E-state index >= 15 is 0 Å². The number of ether oxygens (including phenoxy) is 1. The minimum Gasteiger partial charge on any atom is -0.497 e. The number of benzene rings is 1. The zero-order valence-electron chi connectivity index (χ0n) is 12.8. The van der Waals surface area contributed by atoms with E-state index in [2.05, 4.69) is 15.3 Å². The fourth-order valence-corrected chi connectivity index (χ4v) is 2.08. The summed E-state index contributed by atoms with van der Waals surface area (Å²) in [6, 6.07) is 7.46. The molecule has 0 atom stereocenters. The van der Waals surface area contributed by atoms with E-state index in [1.807, 2.05) is 36.1 Å². The van der Waals surface area contributed by atoms with E-state index in [0.717, 1.165) is 11.4 Å². The molecule has 1 aromatic carbocycles. The van der Waals surface area contributed by atoms with Gasteiger partial charge in [0.05, 0.1) is 13.7 Å². The van der Waals surface area contributed by atoms with Gasteiger partial charge in [-0.1, -0.05) is 0 Å². The summed E-state index contributed by atoms with van der Waals surface area (Å²) in [6.07, 6.45) is 1.46. The number of aliphatic hydroxyl groups excluding tert-OH is 1. The second kappa shape index (κ2) is 7.46.